The first-order valence-electron chi connectivity index (χ1n) is 7.81. The maximum absolute atomic E-state index is 5.10. The minimum atomic E-state index is 0.584. The standard InChI is InChI=1S/C17H16N6OS/c1-24-15-3-2-13(10-20-15)14-11-21-17-23(14)22-16(25-17)19-9-6-12-4-7-18-8-5-12/h2-5,7-8,10-11H,6,9H2,1H3,(H,19,22). The molecule has 0 amide bonds. The highest BCUT2D eigenvalue weighted by Crippen LogP contribution is 2.26. The Kier molecular flexibility index (Phi) is 4.26. The highest BCUT2D eigenvalue weighted by molar-refractivity contribution is 7.20. The number of fused-ring (bicyclic) bond motifs is 1. The number of ether oxygens (including phenoxy) is 1. The van der Waals surface area contributed by atoms with Gasteiger partial charge < -0.3 is 10.1 Å². The first-order valence-corrected chi connectivity index (χ1v) is 8.63. The van der Waals surface area contributed by atoms with Crippen LogP contribution in [0.4, 0.5) is 5.13 Å². The van der Waals surface area contributed by atoms with Crippen molar-refractivity contribution in [3.8, 4) is 17.1 Å². The summed E-state index contributed by atoms with van der Waals surface area (Å²) in [6.07, 6.45) is 8.10. The Hall–Kier alpha value is -3.00. The Morgan fingerprint density at radius 2 is 2.00 bits per heavy atom. The van der Waals surface area contributed by atoms with Crippen LogP contribution in [0.15, 0.2) is 49.1 Å². The topological polar surface area (TPSA) is 77.2 Å². The summed E-state index contributed by atoms with van der Waals surface area (Å²) in [5.74, 6) is 0.584. The first kappa shape index (κ1) is 15.5. The monoisotopic (exact) mass is 352 g/mol. The van der Waals surface area contributed by atoms with E-state index in [1.807, 2.05) is 47.4 Å². The number of methoxy groups -OCH3 is 1. The van der Waals surface area contributed by atoms with Crippen LogP contribution >= 0.6 is 11.3 Å². The number of pyridine rings is 2. The Bertz CT molecular complexity index is 964. The number of rotatable bonds is 6. The van der Waals surface area contributed by atoms with Crippen molar-refractivity contribution in [1.29, 1.82) is 0 Å². The normalized spacial score (nSPS) is 10.9. The molecule has 0 unspecified atom stereocenters. The van der Waals surface area contributed by atoms with E-state index in [4.69, 9.17) is 4.74 Å². The number of anilines is 1. The molecule has 126 valence electrons. The van der Waals surface area contributed by atoms with E-state index in [0.717, 1.165) is 34.3 Å². The second-order valence-corrected chi connectivity index (χ2v) is 6.32. The Balaban J connectivity index is 1.49. The van der Waals surface area contributed by atoms with Gasteiger partial charge >= 0.3 is 0 Å². The van der Waals surface area contributed by atoms with Gasteiger partial charge in [-0.25, -0.2) is 14.5 Å². The predicted molar refractivity (Wildman–Crippen MR) is 97.1 cm³/mol. The molecule has 0 aromatic carbocycles. The van der Waals surface area contributed by atoms with Crippen LogP contribution in [0.1, 0.15) is 5.56 Å². The molecule has 0 fully saturated rings. The third kappa shape index (κ3) is 3.29. The van der Waals surface area contributed by atoms with Crippen LogP contribution in [-0.4, -0.2) is 38.2 Å². The number of nitrogens with one attached hydrogen (secondary N) is 1. The molecule has 4 rings (SSSR count). The van der Waals surface area contributed by atoms with Gasteiger partial charge in [-0.3, -0.25) is 4.98 Å². The van der Waals surface area contributed by atoms with Crippen LogP contribution in [0, 0.1) is 0 Å². The fourth-order valence-electron chi connectivity index (χ4n) is 2.48. The van der Waals surface area contributed by atoms with E-state index in [9.17, 15) is 0 Å². The fourth-order valence-corrected chi connectivity index (χ4v) is 3.28. The fraction of sp³-hybridized carbons (Fsp3) is 0.176. The van der Waals surface area contributed by atoms with Crippen LogP contribution < -0.4 is 10.1 Å². The molecule has 0 aliphatic carbocycles. The molecule has 0 saturated heterocycles. The molecule has 1 N–H and O–H groups in total. The zero-order valence-corrected chi connectivity index (χ0v) is 14.4. The molecule has 0 spiro atoms. The lowest BCUT2D eigenvalue weighted by atomic mass is 10.2. The number of aromatic nitrogens is 5. The third-order valence-corrected chi connectivity index (χ3v) is 4.65. The summed E-state index contributed by atoms with van der Waals surface area (Å²) in [6, 6.07) is 7.82. The second kappa shape index (κ2) is 6.86. The SMILES string of the molecule is COc1ccc(-c2cnc3sc(NCCc4ccncc4)nn23)cn1. The molecule has 8 heteroatoms. The number of nitrogens with zero attached hydrogens (tertiary/aromatic N) is 5. The summed E-state index contributed by atoms with van der Waals surface area (Å²) in [5.41, 5.74) is 3.10. The summed E-state index contributed by atoms with van der Waals surface area (Å²) < 4.78 is 6.93. The van der Waals surface area contributed by atoms with Gasteiger partial charge in [-0.15, -0.1) is 5.10 Å². The summed E-state index contributed by atoms with van der Waals surface area (Å²) >= 11 is 1.53. The maximum Gasteiger partial charge on any atom is 0.214 e. The Morgan fingerprint density at radius 3 is 2.76 bits per heavy atom. The summed E-state index contributed by atoms with van der Waals surface area (Å²) in [5, 5.41) is 8.82. The summed E-state index contributed by atoms with van der Waals surface area (Å²) in [6.45, 7) is 0.806. The van der Waals surface area contributed by atoms with Crippen molar-refractivity contribution in [2.75, 3.05) is 19.0 Å². The lowest BCUT2D eigenvalue weighted by Crippen LogP contribution is -2.05. The molecule has 4 aromatic heterocycles. The lowest BCUT2D eigenvalue weighted by Gasteiger charge is -2.02. The molecule has 0 bridgehead atoms. The van der Waals surface area contributed by atoms with Crippen molar-refractivity contribution < 1.29 is 4.74 Å². The molecule has 0 radical (unpaired) electrons. The summed E-state index contributed by atoms with van der Waals surface area (Å²) in [4.78, 5) is 13.5. The van der Waals surface area contributed by atoms with Gasteiger partial charge in [0.15, 0.2) is 0 Å². The van der Waals surface area contributed by atoms with Gasteiger partial charge in [0.25, 0.3) is 0 Å². The average molecular weight is 352 g/mol. The van der Waals surface area contributed by atoms with E-state index in [0.29, 0.717) is 5.88 Å². The first-order chi connectivity index (χ1) is 12.3. The van der Waals surface area contributed by atoms with Gasteiger partial charge in [-0.05, 0) is 30.2 Å². The number of hydrogen-bond acceptors (Lipinski definition) is 7. The van der Waals surface area contributed by atoms with E-state index in [1.165, 1.54) is 16.9 Å². The zero-order chi connectivity index (χ0) is 17.1. The summed E-state index contributed by atoms with van der Waals surface area (Å²) in [7, 11) is 1.60. The molecule has 7 nitrogen and oxygen atoms in total. The van der Waals surface area contributed by atoms with E-state index < -0.39 is 0 Å². The number of imidazole rings is 1. The van der Waals surface area contributed by atoms with E-state index >= 15 is 0 Å². The van der Waals surface area contributed by atoms with Crippen LogP contribution in [0.2, 0.25) is 0 Å². The molecule has 0 aliphatic rings. The zero-order valence-electron chi connectivity index (χ0n) is 13.6. The Labute approximate surface area is 148 Å². The third-order valence-electron chi connectivity index (χ3n) is 3.77. The van der Waals surface area contributed by atoms with Crippen LogP contribution in [-0.2, 0) is 6.42 Å². The van der Waals surface area contributed by atoms with Crippen molar-refractivity contribution >= 4 is 21.4 Å². The van der Waals surface area contributed by atoms with Crippen molar-refractivity contribution in [1.82, 2.24) is 24.6 Å². The molecule has 0 atom stereocenters. The predicted octanol–water partition coefficient (Wildman–Crippen LogP) is 2.91. The van der Waals surface area contributed by atoms with Crippen molar-refractivity contribution in [3.63, 3.8) is 0 Å². The average Bonchev–Trinajstić information content (AvgIpc) is 3.23. The van der Waals surface area contributed by atoms with Crippen molar-refractivity contribution in [2.24, 2.45) is 0 Å². The molecule has 4 aromatic rings. The van der Waals surface area contributed by atoms with Crippen LogP contribution in [0.5, 0.6) is 5.88 Å². The van der Waals surface area contributed by atoms with Crippen molar-refractivity contribution in [2.45, 2.75) is 6.42 Å². The lowest BCUT2D eigenvalue weighted by molar-refractivity contribution is 0.398. The highest BCUT2D eigenvalue weighted by atomic mass is 32.1. The molecular weight excluding hydrogens is 336 g/mol. The largest absolute Gasteiger partial charge is 0.481 e. The smallest absolute Gasteiger partial charge is 0.214 e. The van der Waals surface area contributed by atoms with Crippen LogP contribution in [0.25, 0.3) is 16.2 Å². The van der Waals surface area contributed by atoms with Crippen LogP contribution in [0.3, 0.4) is 0 Å². The second-order valence-electron chi connectivity index (χ2n) is 5.37. The molecule has 4 heterocycles. The maximum atomic E-state index is 5.10. The number of hydrogen-bond donors (Lipinski definition) is 1. The minimum Gasteiger partial charge on any atom is -0.481 e. The van der Waals surface area contributed by atoms with Gasteiger partial charge in [0, 0.05) is 36.8 Å². The molecule has 0 saturated carbocycles. The molecule has 0 aliphatic heterocycles. The quantitative estimate of drug-likeness (QED) is 0.575. The van der Waals surface area contributed by atoms with Gasteiger partial charge in [0.05, 0.1) is 19.0 Å². The van der Waals surface area contributed by atoms with E-state index in [1.54, 1.807) is 13.3 Å². The highest BCUT2D eigenvalue weighted by Gasteiger charge is 2.12. The van der Waals surface area contributed by atoms with E-state index in [-0.39, 0.29) is 0 Å². The van der Waals surface area contributed by atoms with Gasteiger partial charge in [0.1, 0.15) is 0 Å². The van der Waals surface area contributed by atoms with E-state index in [2.05, 4.69) is 25.4 Å². The van der Waals surface area contributed by atoms with Crippen molar-refractivity contribution in [3.05, 3.63) is 54.6 Å². The van der Waals surface area contributed by atoms with Gasteiger partial charge in [0.2, 0.25) is 16.0 Å². The Morgan fingerprint density at radius 1 is 1.12 bits per heavy atom. The molecule has 25 heavy (non-hydrogen) atoms. The minimum absolute atomic E-state index is 0.584. The van der Waals surface area contributed by atoms with Gasteiger partial charge in [-0.1, -0.05) is 11.3 Å². The van der Waals surface area contributed by atoms with Gasteiger partial charge in [-0.2, -0.15) is 0 Å². The molecular formula is C17H16N6OS.